The van der Waals surface area contributed by atoms with Crippen LogP contribution in [0.2, 0.25) is 0 Å². The van der Waals surface area contributed by atoms with Gasteiger partial charge in [-0.1, -0.05) is 50.5 Å². The molecule has 0 fully saturated rings. The minimum Gasteiger partial charge on any atom is -0.396 e. The standard InChI is InChI=1S/C34H30N2O5/c1-2-3-16-35-31(38)23-12-8-19-21-10-14-25-30-26(34(41)36(33(25)40)17-6-4-5-7-18-37)15-11-22(28(21)30)20-9-13-24(32(35)39)29(23)27(19)20/h8-15,37H,2-7,16-18H2,1H3. The Balaban J connectivity index is 1.42. The molecule has 0 atom stereocenters. The molecule has 7 rings (SSSR count). The fourth-order valence-corrected chi connectivity index (χ4v) is 6.83. The van der Waals surface area contributed by atoms with Gasteiger partial charge in [-0.05, 0) is 75.8 Å². The van der Waals surface area contributed by atoms with E-state index in [1.165, 1.54) is 9.80 Å². The number of fused-ring (bicyclic) bond motifs is 2. The van der Waals surface area contributed by atoms with Crippen LogP contribution in [0.4, 0.5) is 0 Å². The Labute approximate surface area is 236 Å². The van der Waals surface area contributed by atoms with Gasteiger partial charge in [0.15, 0.2) is 0 Å². The highest BCUT2D eigenvalue weighted by atomic mass is 16.3. The van der Waals surface area contributed by atoms with Crippen molar-refractivity contribution in [1.29, 1.82) is 0 Å². The molecule has 0 aromatic heterocycles. The normalized spacial score (nSPS) is 15.1. The molecule has 206 valence electrons. The summed E-state index contributed by atoms with van der Waals surface area (Å²) in [6, 6.07) is 15.0. The second kappa shape index (κ2) is 9.63. The van der Waals surface area contributed by atoms with Gasteiger partial charge in [-0.15, -0.1) is 0 Å². The first-order valence-corrected chi connectivity index (χ1v) is 14.5. The maximum absolute atomic E-state index is 13.6. The Morgan fingerprint density at radius 3 is 1.22 bits per heavy atom. The van der Waals surface area contributed by atoms with Gasteiger partial charge in [-0.2, -0.15) is 0 Å². The van der Waals surface area contributed by atoms with E-state index in [4.69, 9.17) is 5.11 Å². The first-order valence-electron chi connectivity index (χ1n) is 14.5. The summed E-state index contributed by atoms with van der Waals surface area (Å²) >= 11 is 0. The van der Waals surface area contributed by atoms with Crippen molar-refractivity contribution in [2.75, 3.05) is 19.7 Å². The monoisotopic (exact) mass is 546 g/mol. The minimum absolute atomic E-state index is 0.144. The van der Waals surface area contributed by atoms with Gasteiger partial charge in [0.05, 0.1) is 0 Å². The van der Waals surface area contributed by atoms with Crippen LogP contribution in [0.15, 0.2) is 48.5 Å². The molecule has 41 heavy (non-hydrogen) atoms. The number of imide groups is 2. The van der Waals surface area contributed by atoms with E-state index in [9.17, 15) is 19.2 Å². The van der Waals surface area contributed by atoms with Crippen molar-refractivity contribution in [3.63, 3.8) is 0 Å². The highest BCUT2D eigenvalue weighted by Gasteiger charge is 2.36. The summed E-state index contributed by atoms with van der Waals surface area (Å²) in [6.07, 6.45) is 4.74. The fraction of sp³-hybridized carbons (Fsp3) is 0.294. The van der Waals surface area contributed by atoms with Crippen LogP contribution in [0, 0.1) is 0 Å². The minimum atomic E-state index is -0.284. The van der Waals surface area contributed by atoms with Crippen molar-refractivity contribution in [2.24, 2.45) is 0 Å². The Hall–Kier alpha value is -4.36. The van der Waals surface area contributed by atoms with Crippen molar-refractivity contribution >= 4 is 66.7 Å². The number of carbonyl (C=O) groups is 4. The van der Waals surface area contributed by atoms with Crippen LogP contribution in [-0.2, 0) is 0 Å². The molecule has 0 spiro atoms. The van der Waals surface area contributed by atoms with Crippen LogP contribution in [0.1, 0.15) is 86.9 Å². The molecule has 7 nitrogen and oxygen atoms in total. The fourth-order valence-electron chi connectivity index (χ4n) is 6.83. The number of aliphatic hydroxyl groups excluding tert-OH is 1. The molecule has 0 saturated heterocycles. The number of nitrogens with zero attached hydrogens (tertiary/aromatic N) is 2. The highest BCUT2D eigenvalue weighted by molar-refractivity contribution is 6.41. The summed E-state index contributed by atoms with van der Waals surface area (Å²) in [4.78, 5) is 56.8. The van der Waals surface area contributed by atoms with Crippen LogP contribution < -0.4 is 0 Å². The van der Waals surface area contributed by atoms with E-state index in [1.807, 2.05) is 55.5 Å². The van der Waals surface area contributed by atoms with Gasteiger partial charge in [0.25, 0.3) is 23.6 Å². The molecule has 7 heteroatoms. The largest absolute Gasteiger partial charge is 0.396 e. The number of hydrogen-bond donors (Lipinski definition) is 1. The van der Waals surface area contributed by atoms with E-state index < -0.39 is 0 Å². The third-order valence-corrected chi connectivity index (χ3v) is 8.83. The Morgan fingerprint density at radius 2 is 0.854 bits per heavy atom. The first kappa shape index (κ1) is 25.6. The maximum Gasteiger partial charge on any atom is 0.261 e. The number of aliphatic hydroxyl groups is 1. The van der Waals surface area contributed by atoms with E-state index in [0.29, 0.717) is 59.0 Å². The van der Waals surface area contributed by atoms with Gasteiger partial charge in [0, 0.05) is 52.7 Å². The predicted octanol–water partition coefficient (Wildman–Crippen LogP) is 6.28. The molecule has 5 aromatic rings. The average molecular weight is 547 g/mol. The van der Waals surface area contributed by atoms with Crippen molar-refractivity contribution in [1.82, 2.24) is 9.80 Å². The SMILES string of the molecule is CCCCN1C(=O)c2ccc3c4ccc5c6c(ccc(c7ccc(c2c37)C1=O)c64)C(=O)N(CCCCCCO)C5=O. The Morgan fingerprint density at radius 1 is 0.488 bits per heavy atom. The molecule has 0 unspecified atom stereocenters. The number of benzene rings is 5. The van der Waals surface area contributed by atoms with Gasteiger partial charge in [0.1, 0.15) is 0 Å². The molecular formula is C34H30N2O5. The van der Waals surface area contributed by atoms with Crippen LogP contribution in [0.25, 0.3) is 43.1 Å². The van der Waals surface area contributed by atoms with E-state index in [2.05, 4.69) is 0 Å². The number of hydrogen-bond acceptors (Lipinski definition) is 5. The summed E-state index contributed by atoms with van der Waals surface area (Å²) in [6.45, 7) is 2.92. The number of rotatable bonds is 9. The summed E-state index contributed by atoms with van der Waals surface area (Å²) in [5.41, 5.74) is 2.10. The number of carbonyl (C=O) groups excluding carboxylic acids is 4. The molecule has 2 aliphatic rings. The zero-order valence-electron chi connectivity index (χ0n) is 23.0. The van der Waals surface area contributed by atoms with E-state index in [0.717, 1.165) is 58.0 Å². The lowest BCUT2D eigenvalue weighted by Gasteiger charge is -2.30. The molecule has 2 heterocycles. The lowest BCUT2D eigenvalue weighted by Crippen LogP contribution is -2.41. The predicted molar refractivity (Wildman–Crippen MR) is 159 cm³/mol. The maximum atomic E-state index is 13.6. The van der Waals surface area contributed by atoms with Gasteiger partial charge < -0.3 is 5.11 Å². The Bertz CT molecular complexity index is 1820. The van der Waals surface area contributed by atoms with Crippen molar-refractivity contribution < 1.29 is 24.3 Å². The average Bonchev–Trinajstić information content (AvgIpc) is 2.99. The topological polar surface area (TPSA) is 95.0 Å². The van der Waals surface area contributed by atoms with Crippen molar-refractivity contribution in [3.8, 4) is 0 Å². The molecule has 2 aliphatic heterocycles. The van der Waals surface area contributed by atoms with Gasteiger partial charge >= 0.3 is 0 Å². The first-order chi connectivity index (χ1) is 20.0. The van der Waals surface area contributed by atoms with E-state index in [1.54, 1.807) is 0 Å². The molecular weight excluding hydrogens is 516 g/mol. The molecule has 5 aromatic carbocycles. The molecule has 0 bridgehead atoms. The smallest absolute Gasteiger partial charge is 0.261 e. The van der Waals surface area contributed by atoms with Crippen LogP contribution in [-0.4, -0.2) is 58.2 Å². The molecule has 0 radical (unpaired) electrons. The number of amides is 4. The third-order valence-electron chi connectivity index (χ3n) is 8.83. The second-order valence-corrected chi connectivity index (χ2v) is 11.2. The van der Waals surface area contributed by atoms with Crippen molar-refractivity contribution in [3.05, 3.63) is 70.8 Å². The van der Waals surface area contributed by atoms with Gasteiger partial charge in [-0.25, -0.2) is 0 Å². The third kappa shape index (κ3) is 3.55. The zero-order chi connectivity index (χ0) is 28.4. The zero-order valence-corrected chi connectivity index (χ0v) is 23.0. The molecule has 0 aliphatic carbocycles. The summed E-state index contributed by atoms with van der Waals surface area (Å²) < 4.78 is 0. The van der Waals surface area contributed by atoms with Gasteiger partial charge in [-0.3, -0.25) is 29.0 Å². The summed E-state index contributed by atoms with van der Waals surface area (Å²) in [5, 5.41) is 15.7. The molecule has 1 N–H and O–H groups in total. The lowest BCUT2D eigenvalue weighted by atomic mass is 9.82. The summed E-state index contributed by atoms with van der Waals surface area (Å²) in [7, 11) is 0. The van der Waals surface area contributed by atoms with E-state index in [-0.39, 0.29) is 30.2 Å². The second-order valence-electron chi connectivity index (χ2n) is 11.2. The van der Waals surface area contributed by atoms with Crippen LogP contribution in [0.5, 0.6) is 0 Å². The lowest BCUT2D eigenvalue weighted by molar-refractivity contribution is 0.0592. The molecule has 4 amide bonds. The quantitative estimate of drug-likeness (QED) is 0.102. The number of unbranched alkanes of at least 4 members (excludes halogenated alkanes) is 4. The van der Waals surface area contributed by atoms with Gasteiger partial charge in [0.2, 0.25) is 0 Å². The molecule has 0 saturated carbocycles. The van der Waals surface area contributed by atoms with Crippen molar-refractivity contribution in [2.45, 2.75) is 45.4 Å². The Kier molecular flexibility index (Phi) is 6.01. The van der Waals surface area contributed by atoms with Crippen LogP contribution in [0.3, 0.4) is 0 Å². The van der Waals surface area contributed by atoms with E-state index >= 15 is 0 Å². The summed E-state index contributed by atoms with van der Waals surface area (Å²) in [5.74, 6) is -1.09. The van der Waals surface area contributed by atoms with Crippen LogP contribution >= 0.6 is 0 Å². The highest BCUT2D eigenvalue weighted by Crippen LogP contribution is 2.46.